The summed E-state index contributed by atoms with van der Waals surface area (Å²) in [6.07, 6.45) is 0.173. The lowest BCUT2D eigenvalue weighted by Crippen LogP contribution is -2.54. The second kappa shape index (κ2) is 9.05. The molecule has 1 atom stereocenters. The van der Waals surface area contributed by atoms with Gasteiger partial charge in [0.05, 0.1) is 24.3 Å². The Hall–Kier alpha value is -3.31. The Balaban J connectivity index is 1.32. The van der Waals surface area contributed by atoms with Gasteiger partial charge in [-0.1, -0.05) is 0 Å². The molecule has 170 valence electrons. The van der Waals surface area contributed by atoms with Gasteiger partial charge in [-0.2, -0.15) is 0 Å². The number of nitrogens with two attached hydrogens (primary N) is 1. The fraction of sp³-hybridized carbons (Fsp3) is 0.476. The lowest BCUT2D eigenvalue weighted by atomic mass is 10.0. The van der Waals surface area contributed by atoms with Gasteiger partial charge in [-0.15, -0.1) is 0 Å². The molecule has 0 radical (unpaired) electrons. The van der Waals surface area contributed by atoms with Gasteiger partial charge in [0.15, 0.2) is 0 Å². The van der Waals surface area contributed by atoms with Crippen molar-refractivity contribution >= 4 is 29.5 Å². The van der Waals surface area contributed by atoms with Crippen LogP contribution in [0.4, 0.5) is 0 Å². The maximum Gasteiger partial charge on any atom is 0.262 e. The molecule has 11 nitrogen and oxygen atoms in total. The summed E-state index contributed by atoms with van der Waals surface area (Å²) in [4.78, 5) is 63.5. The predicted molar refractivity (Wildman–Crippen MR) is 109 cm³/mol. The Kier molecular flexibility index (Phi) is 6.19. The molecule has 2 fully saturated rings. The average molecular weight is 444 g/mol. The van der Waals surface area contributed by atoms with Crippen molar-refractivity contribution in [1.82, 2.24) is 15.1 Å². The molecule has 2 saturated heterocycles. The van der Waals surface area contributed by atoms with E-state index in [1.54, 1.807) is 11.0 Å². The second-order valence-electron chi connectivity index (χ2n) is 7.97. The smallest absolute Gasteiger partial charge is 0.262 e. The number of carbonyl (C=O) groups excluding carboxylic acids is 5. The van der Waals surface area contributed by atoms with E-state index >= 15 is 0 Å². The van der Waals surface area contributed by atoms with Crippen LogP contribution in [0, 0.1) is 5.92 Å². The number of benzene rings is 1. The number of piperidine rings is 1. The number of nitrogens with one attached hydrogen (secondary N) is 1. The lowest BCUT2D eigenvalue weighted by molar-refractivity contribution is -0.143. The zero-order chi connectivity index (χ0) is 22.8. The third kappa shape index (κ3) is 4.21. The van der Waals surface area contributed by atoms with E-state index in [-0.39, 0.29) is 42.4 Å². The topological polar surface area (TPSA) is 148 Å². The van der Waals surface area contributed by atoms with Crippen LogP contribution < -0.4 is 15.8 Å². The number of nitrogens with zero attached hydrogens (tertiary/aromatic N) is 2. The minimum atomic E-state index is -1.00. The molecular formula is C21H24N4O7. The highest BCUT2D eigenvalue weighted by Gasteiger charge is 2.44. The maximum absolute atomic E-state index is 12.8. The molecule has 0 aromatic heterocycles. The van der Waals surface area contributed by atoms with Crippen molar-refractivity contribution in [1.29, 1.82) is 0 Å². The molecule has 11 heteroatoms. The van der Waals surface area contributed by atoms with Crippen LogP contribution in [0.15, 0.2) is 18.2 Å². The van der Waals surface area contributed by atoms with Crippen molar-refractivity contribution in [2.45, 2.75) is 18.9 Å². The van der Waals surface area contributed by atoms with E-state index < -0.39 is 29.7 Å². The molecule has 32 heavy (non-hydrogen) atoms. The van der Waals surface area contributed by atoms with Gasteiger partial charge in [-0.25, -0.2) is 0 Å². The minimum absolute atomic E-state index is 0.00934. The minimum Gasteiger partial charge on any atom is -0.493 e. The lowest BCUT2D eigenvalue weighted by Gasteiger charge is -2.38. The highest BCUT2D eigenvalue weighted by Crippen LogP contribution is 2.30. The van der Waals surface area contributed by atoms with Gasteiger partial charge < -0.3 is 20.1 Å². The van der Waals surface area contributed by atoms with Gasteiger partial charge in [0.25, 0.3) is 11.8 Å². The van der Waals surface area contributed by atoms with Gasteiger partial charge in [0, 0.05) is 32.0 Å². The molecule has 1 aromatic rings. The van der Waals surface area contributed by atoms with Crippen molar-refractivity contribution in [3.05, 3.63) is 29.3 Å². The molecule has 0 bridgehead atoms. The number of carbonyl (C=O) groups is 5. The highest BCUT2D eigenvalue weighted by atomic mass is 16.5. The highest BCUT2D eigenvalue weighted by molar-refractivity contribution is 6.23. The second-order valence-corrected chi connectivity index (χ2v) is 7.97. The molecule has 5 amide bonds. The molecule has 1 aromatic carbocycles. The van der Waals surface area contributed by atoms with Crippen molar-refractivity contribution in [2.75, 3.05) is 39.5 Å². The molecule has 3 heterocycles. The van der Waals surface area contributed by atoms with E-state index in [1.807, 2.05) is 0 Å². The van der Waals surface area contributed by atoms with Crippen LogP contribution in [0.25, 0.3) is 0 Å². The van der Waals surface area contributed by atoms with E-state index in [4.69, 9.17) is 15.2 Å². The average Bonchev–Trinajstić information content (AvgIpc) is 2.97. The van der Waals surface area contributed by atoms with E-state index in [1.165, 1.54) is 12.1 Å². The first-order chi connectivity index (χ1) is 15.4. The van der Waals surface area contributed by atoms with Gasteiger partial charge >= 0.3 is 0 Å². The molecule has 1 unspecified atom stereocenters. The Morgan fingerprint density at radius 3 is 2.59 bits per heavy atom. The number of imide groups is 2. The first kappa shape index (κ1) is 21.9. The van der Waals surface area contributed by atoms with Crippen molar-refractivity contribution in [2.24, 2.45) is 11.7 Å². The Morgan fingerprint density at radius 1 is 1.12 bits per heavy atom. The standard InChI is InChI=1S/C21H24N4O7/c22-5-6-31-11-18(27)24-8-12(9-24)10-32-13-1-2-14-15(7-13)21(30)25(20(14)29)16-3-4-17(26)23-19(16)28/h1-2,7,12,16H,3-6,8-11,22H2,(H,23,26,28). The third-order valence-electron chi connectivity index (χ3n) is 5.69. The number of ether oxygens (including phenoxy) is 2. The molecule has 3 aliphatic heterocycles. The summed E-state index contributed by atoms with van der Waals surface area (Å²) in [7, 11) is 0. The number of rotatable bonds is 8. The Bertz CT molecular complexity index is 973. The number of hydrogen-bond acceptors (Lipinski definition) is 8. The summed E-state index contributed by atoms with van der Waals surface area (Å²) in [5.41, 5.74) is 5.69. The van der Waals surface area contributed by atoms with Crippen LogP contribution in [-0.4, -0.2) is 84.8 Å². The SMILES string of the molecule is NCCOCC(=O)N1CC(COc2ccc3c(c2)C(=O)N(C2CCC(=O)NC2=O)C3=O)C1. The van der Waals surface area contributed by atoms with Gasteiger partial charge in [0.2, 0.25) is 17.7 Å². The van der Waals surface area contributed by atoms with E-state index in [0.717, 1.165) is 4.90 Å². The predicted octanol–water partition coefficient (Wildman–Crippen LogP) is -1.10. The number of likely N-dealkylation sites (tertiary alicyclic amines) is 1. The molecule has 0 aliphatic carbocycles. The largest absolute Gasteiger partial charge is 0.493 e. The van der Waals surface area contributed by atoms with E-state index in [9.17, 15) is 24.0 Å². The number of fused-ring (bicyclic) bond motifs is 1. The molecule has 3 aliphatic rings. The molecule has 3 N–H and O–H groups in total. The Morgan fingerprint density at radius 2 is 1.88 bits per heavy atom. The van der Waals surface area contributed by atoms with Gasteiger partial charge in [-0.3, -0.25) is 34.2 Å². The van der Waals surface area contributed by atoms with Crippen LogP contribution in [0.5, 0.6) is 5.75 Å². The van der Waals surface area contributed by atoms with Crippen molar-refractivity contribution in [3.63, 3.8) is 0 Å². The zero-order valence-corrected chi connectivity index (χ0v) is 17.4. The molecule has 4 rings (SSSR count). The van der Waals surface area contributed by atoms with E-state index in [0.29, 0.717) is 38.6 Å². The fourth-order valence-corrected chi connectivity index (χ4v) is 3.97. The van der Waals surface area contributed by atoms with Gasteiger partial charge in [-0.05, 0) is 24.6 Å². The molecular weight excluding hydrogens is 420 g/mol. The summed E-state index contributed by atoms with van der Waals surface area (Å²) in [6.45, 7) is 2.17. The van der Waals surface area contributed by atoms with Gasteiger partial charge in [0.1, 0.15) is 18.4 Å². The van der Waals surface area contributed by atoms with Crippen molar-refractivity contribution in [3.8, 4) is 5.75 Å². The summed E-state index contributed by atoms with van der Waals surface area (Å²) < 4.78 is 10.9. The third-order valence-corrected chi connectivity index (χ3v) is 5.69. The van der Waals surface area contributed by atoms with Crippen LogP contribution in [0.3, 0.4) is 0 Å². The van der Waals surface area contributed by atoms with Crippen LogP contribution in [0.2, 0.25) is 0 Å². The quantitative estimate of drug-likeness (QED) is 0.379. The monoisotopic (exact) mass is 444 g/mol. The molecule has 0 saturated carbocycles. The summed E-state index contributed by atoms with van der Waals surface area (Å²) in [5, 5.41) is 2.17. The fourth-order valence-electron chi connectivity index (χ4n) is 3.97. The normalized spacial score (nSPS) is 20.8. The van der Waals surface area contributed by atoms with Crippen LogP contribution in [0.1, 0.15) is 33.6 Å². The first-order valence-corrected chi connectivity index (χ1v) is 10.4. The summed E-state index contributed by atoms with van der Waals surface area (Å²) in [6, 6.07) is 3.59. The van der Waals surface area contributed by atoms with Crippen LogP contribution in [-0.2, 0) is 19.1 Å². The number of hydrogen-bond donors (Lipinski definition) is 2. The van der Waals surface area contributed by atoms with Crippen LogP contribution >= 0.6 is 0 Å². The summed E-state index contributed by atoms with van der Waals surface area (Å²) >= 11 is 0. The van der Waals surface area contributed by atoms with E-state index in [2.05, 4.69) is 5.32 Å². The number of amides is 5. The Labute approximate surface area is 183 Å². The van der Waals surface area contributed by atoms with Crippen molar-refractivity contribution < 1.29 is 33.4 Å². The summed E-state index contributed by atoms with van der Waals surface area (Å²) in [5.74, 6) is -1.73. The molecule has 0 spiro atoms. The maximum atomic E-state index is 12.8. The zero-order valence-electron chi connectivity index (χ0n) is 17.4. The first-order valence-electron chi connectivity index (χ1n) is 10.4.